The molecule has 1 aliphatic heterocycles. The molecule has 6 heteroatoms. The lowest BCUT2D eigenvalue weighted by Crippen LogP contribution is -2.43. The quantitative estimate of drug-likeness (QED) is 0.862. The Bertz CT molecular complexity index is 875. The summed E-state index contributed by atoms with van der Waals surface area (Å²) < 4.78 is 0. The van der Waals surface area contributed by atoms with E-state index in [-0.39, 0.29) is 5.91 Å². The lowest BCUT2D eigenvalue weighted by atomic mass is 9.96. The zero-order valence-corrected chi connectivity index (χ0v) is 16.2. The highest BCUT2D eigenvalue weighted by Gasteiger charge is 2.28. The molecule has 5 nitrogen and oxygen atoms in total. The van der Waals surface area contributed by atoms with Crippen LogP contribution in [0.4, 0.5) is 4.79 Å². The van der Waals surface area contributed by atoms with Crippen molar-refractivity contribution in [1.29, 1.82) is 0 Å². The smallest absolute Gasteiger partial charge is 0.332 e. The Morgan fingerprint density at radius 3 is 2.48 bits per heavy atom. The van der Waals surface area contributed by atoms with Gasteiger partial charge in [-0.1, -0.05) is 55.8 Å². The van der Waals surface area contributed by atoms with Crippen LogP contribution >= 0.6 is 11.6 Å². The molecule has 0 saturated heterocycles. The van der Waals surface area contributed by atoms with E-state index in [4.69, 9.17) is 11.6 Å². The van der Waals surface area contributed by atoms with E-state index in [1.165, 1.54) is 0 Å². The third-order valence-corrected chi connectivity index (χ3v) is 4.53. The fourth-order valence-electron chi connectivity index (χ4n) is 3.06. The minimum absolute atomic E-state index is 0.0141. The number of rotatable bonds is 4. The van der Waals surface area contributed by atoms with Crippen LogP contribution in [0.15, 0.2) is 53.5 Å². The van der Waals surface area contributed by atoms with Gasteiger partial charge in [0, 0.05) is 29.2 Å². The lowest BCUT2D eigenvalue weighted by molar-refractivity contribution is 0.0755. The lowest BCUT2D eigenvalue weighted by Gasteiger charge is -2.30. The number of hydrogen-bond donors (Lipinski definition) is 1. The molecule has 0 fully saturated rings. The van der Waals surface area contributed by atoms with Crippen molar-refractivity contribution in [1.82, 2.24) is 10.2 Å². The van der Waals surface area contributed by atoms with E-state index in [1.54, 1.807) is 23.1 Å². The highest BCUT2D eigenvalue weighted by Crippen LogP contribution is 2.20. The first-order valence-corrected chi connectivity index (χ1v) is 9.30. The van der Waals surface area contributed by atoms with Crippen molar-refractivity contribution >= 4 is 29.3 Å². The molecule has 0 aromatic heterocycles. The highest BCUT2D eigenvalue weighted by atomic mass is 35.5. The molecule has 0 aliphatic carbocycles. The molecule has 0 unspecified atom stereocenters. The highest BCUT2D eigenvalue weighted by molar-refractivity contribution is 6.30. The Morgan fingerprint density at radius 1 is 1.15 bits per heavy atom. The van der Waals surface area contributed by atoms with Crippen molar-refractivity contribution < 1.29 is 9.59 Å². The van der Waals surface area contributed by atoms with Gasteiger partial charge in [-0.05, 0) is 29.7 Å². The maximum atomic E-state index is 12.7. The van der Waals surface area contributed by atoms with E-state index < -0.39 is 6.03 Å². The monoisotopic (exact) mass is 383 g/mol. The Kier molecular flexibility index (Phi) is 5.91. The van der Waals surface area contributed by atoms with E-state index in [0.717, 1.165) is 11.1 Å². The number of carbonyl (C=O) groups excluding carboxylic acids is 2. The summed E-state index contributed by atoms with van der Waals surface area (Å²) in [6.07, 6.45) is 0. The molecule has 0 atom stereocenters. The molecule has 3 rings (SSSR count). The first-order valence-electron chi connectivity index (χ1n) is 8.92. The predicted octanol–water partition coefficient (Wildman–Crippen LogP) is 4.15. The summed E-state index contributed by atoms with van der Waals surface area (Å²) in [7, 11) is 0. The molecule has 140 valence electrons. The molecule has 3 amide bonds. The summed E-state index contributed by atoms with van der Waals surface area (Å²) in [5, 5.41) is 3.44. The molecule has 0 radical (unpaired) electrons. The summed E-state index contributed by atoms with van der Waals surface area (Å²) in [5.74, 6) is 0.319. The predicted molar refractivity (Wildman–Crippen MR) is 107 cm³/mol. The number of nitrogens with one attached hydrogen (secondary N) is 1. The van der Waals surface area contributed by atoms with Gasteiger partial charge in [0.05, 0.1) is 12.3 Å². The van der Waals surface area contributed by atoms with Gasteiger partial charge in [0.15, 0.2) is 0 Å². The van der Waals surface area contributed by atoms with Crippen LogP contribution in [-0.4, -0.2) is 35.6 Å². The van der Waals surface area contributed by atoms with Gasteiger partial charge >= 0.3 is 6.03 Å². The molecule has 0 bridgehead atoms. The van der Waals surface area contributed by atoms with Crippen molar-refractivity contribution in [3.8, 4) is 0 Å². The Hall–Kier alpha value is -2.66. The van der Waals surface area contributed by atoms with Gasteiger partial charge in [-0.2, -0.15) is 4.99 Å². The van der Waals surface area contributed by atoms with Crippen molar-refractivity contribution in [2.45, 2.75) is 20.4 Å². The molecule has 0 spiro atoms. The normalized spacial score (nSPS) is 15.2. The van der Waals surface area contributed by atoms with Gasteiger partial charge in [-0.25, -0.2) is 4.79 Å². The fraction of sp³-hybridized carbons (Fsp3) is 0.286. The summed E-state index contributed by atoms with van der Waals surface area (Å²) >= 11 is 5.87. The molecule has 0 saturated carbocycles. The zero-order valence-electron chi connectivity index (χ0n) is 15.4. The summed E-state index contributed by atoms with van der Waals surface area (Å²) in [5.41, 5.74) is 2.87. The van der Waals surface area contributed by atoms with Gasteiger partial charge in [0.1, 0.15) is 0 Å². The summed E-state index contributed by atoms with van der Waals surface area (Å²) in [4.78, 5) is 31.0. The minimum atomic E-state index is -0.423. The second-order valence-electron chi connectivity index (χ2n) is 6.97. The molecular weight excluding hydrogens is 362 g/mol. The van der Waals surface area contributed by atoms with Crippen LogP contribution in [0.5, 0.6) is 0 Å². The van der Waals surface area contributed by atoms with Crippen LogP contribution < -0.4 is 5.32 Å². The second kappa shape index (κ2) is 8.35. The molecule has 27 heavy (non-hydrogen) atoms. The Morgan fingerprint density at radius 2 is 1.81 bits per heavy atom. The number of carbonyl (C=O) groups is 2. The summed E-state index contributed by atoms with van der Waals surface area (Å²) in [6.45, 7) is 5.44. The van der Waals surface area contributed by atoms with Crippen LogP contribution in [0.3, 0.4) is 0 Å². The SMILES string of the molecule is CC(C)CN1CC(=NC(=O)NCc2ccc(Cl)cc2)c2ccccc2C1=O. The average Bonchev–Trinajstić information content (AvgIpc) is 2.65. The second-order valence-corrected chi connectivity index (χ2v) is 7.41. The topological polar surface area (TPSA) is 61.8 Å². The first-order chi connectivity index (χ1) is 12.9. The molecule has 1 N–H and O–H groups in total. The van der Waals surface area contributed by atoms with Gasteiger partial charge in [0.25, 0.3) is 5.91 Å². The van der Waals surface area contributed by atoms with E-state index >= 15 is 0 Å². The maximum absolute atomic E-state index is 12.7. The number of hydrogen-bond acceptors (Lipinski definition) is 2. The van der Waals surface area contributed by atoms with Crippen LogP contribution in [0.2, 0.25) is 5.02 Å². The maximum Gasteiger partial charge on any atom is 0.341 e. The Labute approximate surface area is 164 Å². The van der Waals surface area contributed by atoms with E-state index in [2.05, 4.69) is 24.2 Å². The van der Waals surface area contributed by atoms with Crippen LogP contribution in [0, 0.1) is 5.92 Å². The van der Waals surface area contributed by atoms with Gasteiger partial charge in [-0.3, -0.25) is 4.79 Å². The fourth-order valence-corrected chi connectivity index (χ4v) is 3.18. The van der Waals surface area contributed by atoms with Crippen LogP contribution in [-0.2, 0) is 6.54 Å². The number of benzene rings is 2. The van der Waals surface area contributed by atoms with Crippen molar-refractivity contribution in [2.75, 3.05) is 13.1 Å². The van der Waals surface area contributed by atoms with Crippen molar-refractivity contribution in [3.63, 3.8) is 0 Å². The number of halogens is 1. The Balaban J connectivity index is 1.78. The molecule has 1 heterocycles. The zero-order chi connectivity index (χ0) is 19.4. The molecule has 1 aliphatic rings. The standard InChI is InChI=1S/C21H22ClN3O2/c1-14(2)12-25-13-19(17-5-3-4-6-18(17)20(25)26)24-21(27)23-11-15-7-9-16(22)10-8-15/h3-10,14H,11-13H2,1-2H3,(H,23,27). The van der Waals surface area contributed by atoms with Crippen molar-refractivity contribution in [2.24, 2.45) is 10.9 Å². The number of aliphatic imine (C=N–C) groups is 1. The average molecular weight is 384 g/mol. The molecular formula is C21H22ClN3O2. The van der Waals surface area contributed by atoms with E-state index in [0.29, 0.717) is 41.8 Å². The van der Waals surface area contributed by atoms with Gasteiger partial charge in [0.2, 0.25) is 0 Å². The third kappa shape index (κ3) is 4.74. The van der Waals surface area contributed by atoms with Crippen LogP contribution in [0.1, 0.15) is 35.3 Å². The summed E-state index contributed by atoms with van der Waals surface area (Å²) in [6, 6.07) is 14.1. The first kappa shape index (κ1) is 19.1. The minimum Gasteiger partial charge on any atom is -0.332 e. The number of amides is 3. The van der Waals surface area contributed by atoms with Crippen molar-refractivity contribution in [3.05, 3.63) is 70.2 Å². The van der Waals surface area contributed by atoms with E-state index in [9.17, 15) is 9.59 Å². The van der Waals surface area contributed by atoms with Gasteiger partial charge in [-0.15, -0.1) is 0 Å². The van der Waals surface area contributed by atoms with E-state index in [1.807, 2.05) is 30.3 Å². The third-order valence-electron chi connectivity index (χ3n) is 4.28. The number of nitrogens with zero attached hydrogens (tertiary/aromatic N) is 2. The number of fused-ring (bicyclic) bond motifs is 1. The van der Waals surface area contributed by atoms with Gasteiger partial charge < -0.3 is 10.2 Å². The molecule has 2 aromatic carbocycles. The largest absolute Gasteiger partial charge is 0.341 e. The number of urea groups is 1. The molecule has 2 aromatic rings. The van der Waals surface area contributed by atoms with Crippen LogP contribution in [0.25, 0.3) is 0 Å².